The number of carbonyl (C=O) groups is 1. The average Bonchev–Trinajstić information content (AvgIpc) is 3.17. The molecule has 1 aromatic heterocycles. The van der Waals surface area contributed by atoms with Gasteiger partial charge in [0.05, 0.1) is 32.1 Å². The van der Waals surface area contributed by atoms with E-state index in [1.165, 1.54) is 5.56 Å². The topological polar surface area (TPSA) is 69.7 Å². The highest BCUT2D eigenvalue weighted by Gasteiger charge is 2.27. The normalized spacial score (nSPS) is 19.0. The second kappa shape index (κ2) is 10.6. The predicted octanol–water partition coefficient (Wildman–Crippen LogP) is 3.32. The van der Waals surface area contributed by atoms with Crippen LogP contribution in [0.15, 0.2) is 54.7 Å². The maximum absolute atomic E-state index is 11.8. The highest BCUT2D eigenvalue weighted by atomic mass is 16.7. The molecule has 1 N–H and O–H groups in total. The molecule has 0 radical (unpaired) electrons. The van der Waals surface area contributed by atoms with Gasteiger partial charge >= 0.3 is 6.09 Å². The molecule has 3 rings (SSSR count). The van der Waals surface area contributed by atoms with Crippen molar-refractivity contribution < 1.29 is 19.0 Å². The molecule has 2 unspecified atom stereocenters. The Morgan fingerprint density at radius 3 is 2.85 bits per heavy atom. The van der Waals surface area contributed by atoms with Crippen LogP contribution in [0, 0.1) is 5.92 Å². The lowest BCUT2D eigenvalue weighted by atomic mass is 10.1. The summed E-state index contributed by atoms with van der Waals surface area (Å²) in [4.78, 5) is 15.9. The van der Waals surface area contributed by atoms with Crippen LogP contribution in [0.4, 0.5) is 4.79 Å². The molecule has 2 aromatic rings. The highest BCUT2D eigenvalue weighted by molar-refractivity contribution is 5.67. The zero-order valence-corrected chi connectivity index (χ0v) is 15.4. The Hall–Kier alpha value is -2.44. The molecule has 1 aromatic carbocycles. The minimum atomic E-state index is -0.437. The number of aryl methyl sites for hydroxylation is 1. The Labute approximate surface area is 159 Å². The lowest BCUT2D eigenvalue weighted by Crippen LogP contribution is -2.26. The molecule has 0 aliphatic carbocycles. The van der Waals surface area contributed by atoms with Crippen molar-refractivity contribution in [2.24, 2.45) is 5.92 Å². The SMILES string of the molecule is O=C(NCc1ccccn1)OCC1COC(OCCCc2ccccc2)C1. The minimum absolute atomic E-state index is 0.171. The molecule has 1 amide bonds. The van der Waals surface area contributed by atoms with E-state index in [1.54, 1.807) is 6.20 Å². The zero-order chi connectivity index (χ0) is 18.7. The van der Waals surface area contributed by atoms with Gasteiger partial charge in [0, 0.05) is 18.5 Å². The second-order valence-corrected chi connectivity index (χ2v) is 6.60. The molecule has 1 aliphatic heterocycles. The summed E-state index contributed by atoms with van der Waals surface area (Å²) in [5.74, 6) is 0.171. The molecule has 1 fully saturated rings. The van der Waals surface area contributed by atoms with Gasteiger partial charge in [0.1, 0.15) is 0 Å². The van der Waals surface area contributed by atoms with Crippen LogP contribution in [0.5, 0.6) is 0 Å². The minimum Gasteiger partial charge on any atom is -0.449 e. The van der Waals surface area contributed by atoms with Gasteiger partial charge in [0.25, 0.3) is 0 Å². The molecule has 6 nitrogen and oxygen atoms in total. The summed E-state index contributed by atoms with van der Waals surface area (Å²) in [6.07, 6.45) is 3.76. The summed E-state index contributed by atoms with van der Waals surface area (Å²) in [6.45, 7) is 1.90. The quantitative estimate of drug-likeness (QED) is 0.686. The lowest BCUT2D eigenvalue weighted by Gasteiger charge is -2.12. The molecule has 0 bridgehead atoms. The standard InChI is InChI=1S/C21H26N2O4/c24-21(23-14-19-10-4-5-11-22-19)27-16-18-13-20(26-15-18)25-12-6-9-17-7-2-1-3-8-17/h1-5,7-8,10-11,18,20H,6,9,12-16H2,(H,23,24). The first-order chi connectivity index (χ1) is 13.3. The summed E-state index contributed by atoms with van der Waals surface area (Å²) in [5, 5.41) is 2.70. The number of hydrogen-bond donors (Lipinski definition) is 1. The highest BCUT2D eigenvalue weighted by Crippen LogP contribution is 2.21. The van der Waals surface area contributed by atoms with E-state index in [2.05, 4.69) is 22.4 Å². The number of alkyl carbamates (subject to hydrolysis) is 1. The summed E-state index contributed by atoms with van der Waals surface area (Å²) in [7, 11) is 0. The van der Waals surface area contributed by atoms with Crippen molar-refractivity contribution in [3.05, 3.63) is 66.0 Å². The first kappa shape index (κ1) is 19.3. The van der Waals surface area contributed by atoms with Crippen molar-refractivity contribution >= 4 is 6.09 Å². The van der Waals surface area contributed by atoms with Gasteiger partial charge in [-0.3, -0.25) is 4.98 Å². The fraction of sp³-hybridized carbons (Fsp3) is 0.429. The third-order valence-corrected chi connectivity index (χ3v) is 4.39. The van der Waals surface area contributed by atoms with Crippen LogP contribution in [0.25, 0.3) is 0 Å². The number of amides is 1. The Balaban J connectivity index is 1.24. The predicted molar refractivity (Wildman–Crippen MR) is 101 cm³/mol. The van der Waals surface area contributed by atoms with Gasteiger partial charge in [0.2, 0.25) is 0 Å². The van der Waals surface area contributed by atoms with Crippen LogP contribution in [0.1, 0.15) is 24.1 Å². The second-order valence-electron chi connectivity index (χ2n) is 6.60. The van der Waals surface area contributed by atoms with Crippen molar-refractivity contribution in [2.75, 3.05) is 19.8 Å². The van der Waals surface area contributed by atoms with Crippen LogP contribution in [0.3, 0.4) is 0 Å². The Morgan fingerprint density at radius 2 is 2.04 bits per heavy atom. The van der Waals surface area contributed by atoms with E-state index in [0.717, 1.165) is 25.0 Å². The van der Waals surface area contributed by atoms with E-state index >= 15 is 0 Å². The fourth-order valence-corrected chi connectivity index (χ4v) is 2.93. The molecular weight excluding hydrogens is 344 g/mol. The Kier molecular flexibility index (Phi) is 7.62. The van der Waals surface area contributed by atoms with Crippen LogP contribution in [-0.2, 0) is 27.2 Å². The Bertz CT molecular complexity index is 681. The molecule has 2 atom stereocenters. The summed E-state index contributed by atoms with van der Waals surface area (Å²) >= 11 is 0. The molecule has 0 spiro atoms. The molecule has 0 saturated carbocycles. The number of nitrogens with one attached hydrogen (secondary N) is 1. The number of pyridine rings is 1. The van der Waals surface area contributed by atoms with E-state index < -0.39 is 6.09 Å². The third kappa shape index (κ3) is 7.00. The van der Waals surface area contributed by atoms with Crippen molar-refractivity contribution in [3.63, 3.8) is 0 Å². The van der Waals surface area contributed by atoms with Gasteiger partial charge < -0.3 is 19.5 Å². The smallest absolute Gasteiger partial charge is 0.407 e. The maximum atomic E-state index is 11.8. The van der Waals surface area contributed by atoms with Crippen LogP contribution in [-0.4, -0.2) is 37.2 Å². The largest absolute Gasteiger partial charge is 0.449 e. The first-order valence-corrected chi connectivity index (χ1v) is 9.37. The number of ether oxygens (including phenoxy) is 3. The molecule has 27 heavy (non-hydrogen) atoms. The average molecular weight is 370 g/mol. The fourth-order valence-electron chi connectivity index (χ4n) is 2.93. The van der Waals surface area contributed by atoms with Gasteiger partial charge in [-0.1, -0.05) is 36.4 Å². The van der Waals surface area contributed by atoms with Crippen LogP contribution < -0.4 is 5.32 Å². The van der Waals surface area contributed by atoms with Crippen LogP contribution in [0.2, 0.25) is 0 Å². The molecule has 144 valence electrons. The Morgan fingerprint density at radius 1 is 1.19 bits per heavy atom. The number of nitrogens with zero attached hydrogens (tertiary/aromatic N) is 1. The van der Waals surface area contributed by atoms with E-state index in [0.29, 0.717) is 26.4 Å². The summed E-state index contributed by atoms with van der Waals surface area (Å²) in [6, 6.07) is 15.9. The van der Waals surface area contributed by atoms with Crippen LogP contribution >= 0.6 is 0 Å². The molecular formula is C21H26N2O4. The molecule has 1 aliphatic rings. The number of hydrogen-bond acceptors (Lipinski definition) is 5. The van der Waals surface area contributed by atoms with Crippen molar-refractivity contribution in [2.45, 2.75) is 32.1 Å². The molecule has 2 heterocycles. The molecule has 1 saturated heterocycles. The monoisotopic (exact) mass is 370 g/mol. The number of rotatable bonds is 9. The first-order valence-electron chi connectivity index (χ1n) is 9.37. The van der Waals surface area contributed by atoms with Gasteiger partial charge in [-0.25, -0.2) is 4.79 Å². The maximum Gasteiger partial charge on any atom is 0.407 e. The van der Waals surface area contributed by atoms with Crippen molar-refractivity contribution in [3.8, 4) is 0 Å². The number of benzene rings is 1. The summed E-state index contributed by atoms with van der Waals surface area (Å²) < 4.78 is 16.7. The zero-order valence-electron chi connectivity index (χ0n) is 15.4. The summed E-state index contributed by atoms with van der Waals surface area (Å²) in [5.41, 5.74) is 2.11. The number of aromatic nitrogens is 1. The van der Waals surface area contributed by atoms with Crippen molar-refractivity contribution in [1.82, 2.24) is 10.3 Å². The van der Waals surface area contributed by atoms with Gasteiger partial charge in [0.15, 0.2) is 6.29 Å². The van der Waals surface area contributed by atoms with Crippen molar-refractivity contribution in [1.29, 1.82) is 0 Å². The lowest BCUT2D eigenvalue weighted by molar-refractivity contribution is -0.111. The van der Waals surface area contributed by atoms with E-state index in [4.69, 9.17) is 14.2 Å². The van der Waals surface area contributed by atoms with E-state index in [-0.39, 0.29) is 12.2 Å². The van der Waals surface area contributed by atoms with Gasteiger partial charge in [-0.15, -0.1) is 0 Å². The van der Waals surface area contributed by atoms with E-state index in [9.17, 15) is 4.79 Å². The van der Waals surface area contributed by atoms with Gasteiger partial charge in [-0.05, 0) is 30.5 Å². The molecule has 6 heteroatoms. The third-order valence-electron chi connectivity index (χ3n) is 4.39. The number of carbonyl (C=O) groups excluding carboxylic acids is 1. The van der Waals surface area contributed by atoms with E-state index in [1.807, 2.05) is 36.4 Å². The van der Waals surface area contributed by atoms with Gasteiger partial charge in [-0.2, -0.15) is 0 Å².